The first-order valence-corrected chi connectivity index (χ1v) is 24.5. The van der Waals surface area contributed by atoms with E-state index in [0.717, 1.165) is 121 Å². The molecule has 0 radical (unpaired) electrons. The summed E-state index contributed by atoms with van der Waals surface area (Å²) in [5.74, 6) is 1.21. The summed E-state index contributed by atoms with van der Waals surface area (Å²) in [6.07, 6.45) is 7.29. The van der Waals surface area contributed by atoms with Crippen LogP contribution in [0, 0.1) is 25.5 Å². The predicted octanol–water partition coefficient (Wildman–Crippen LogP) is 9.31. The number of aromatic nitrogens is 10. The van der Waals surface area contributed by atoms with E-state index < -0.39 is 5.60 Å². The van der Waals surface area contributed by atoms with Crippen LogP contribution in [-0.2, 0) is 18.8 Å². The summed E-state index contributed by atoms with van der Waals surface area (Å²) in [5.41, 5.74) is 9.42. The highest BCUT2D eigenvalue weighted by atomic mass is 19.1. The monoisotopic (exact) mass is 982 g/mol. The number of nitrogens with zero attached hydrogens (tertiary/aromatic N) is 13. The van der Waals surface area contributed by atoms with Crippen LogP contribution in [0.25, 0.3) is 77.5 Å². The van der Waals surface area contributed by atoms with Gasteiger partial charge in [0.2, 0.25) is 0 Å². The molecule has 73 heavy (non-hydrogen) atoms. The first-order chi connectivity index (χ1) is 35.2. The highest BCUT2D eigenvalue weighted by molar-refractivity contribution is 6.05. The molecule has 1 amide bonds. The molecule has 0 spiro atoms. The Kier molecular flexibility index (Phi) is 12.1. The molecule has 2 aliphatic rings. The standard InChI is InChI=1S/C30H32FN7O2.C25H24FN7/c1-19-15-20(31)16-23-27(22-7-6-8-25-24(22)18-35(5)33-25)34-38(28(19)23)21-9-10-26(32-17-21)36-11-13-37(14-12-36)29(39)40-30(2,3)4;1-16-12-17(26)13-20-24(19-4-3-5-22-21(19)15-31(2)29-22)30-33(25(16)20)18-6-7-23(28-14-18)32-10-8-27-9-11-32/h6-10,15-18H,11-14H2,1-5H3;3-7,12-15,27H,8-11H2,1-2H3. The molecule has 12 rings (SSSR count). The number of piperazine rings is 2. The Balaban J connectivity index is 0.000000160. The topological polar surface area (TPSA) is 145 Å². The van der Waals surface area contributed by atoms with Gasteiger partial charge in [0.15, 0.2) is 0 Å². The van der Waals surface area contributed by atoms with Crippen LogP contribution >= 0.6 is 0 Å². The molecule has 10 aromatic rings. The molecule has 8 heterocycles. The Bertz CT molecular complexity index is 3690. The zero-order chi connectivity index (χ0) is 50.7. The Morgan fingerprint density at radius 2 is 1.05 bits per heavy atom. The van der Waals surface area contributed by atoms with Gasteiger partial charge in [0.05, 0.1) is 45.8 Å². The Labute approximate surface area is 420 Å². The van der Waals surface area contributed by atoms with Gasteiger partial charge < -0.3 is 24.8 Å². The predicted molar refractivity (Wildman–Crippen MR) is 282 cm³/mol. The highest BCUT2D eigenvalue weighted by Gasteiger charge is 2.27. The molecule has 0 aliphatic carbocycles. The number of pyridine rings is 2. The van der Waals surface area contributed by atoms with Crippen LogP contribution < -0.4 is 15.1 Å². The smallest absolute Gasteiger partial charge is 0.410 e. The average molecular weight is 983 g/mol. The SMILES string of the molecule is Cc1cc(F)cc2c(-c3cccc4nn(C)cc34)nn(-c3ccc(N4CCN(C(=O)OC(C)(C)C)CC4)nc3)c12.Cc1cc(F)cc2c(-c3cccc4nn(C)cc34)nn(-c3ccc(N4CCNCC4)nc3)c12. The van der Waals surface area contributed by atoms with E-state index in [1.165, 1.54) is 6.07 Å². The van der Waals surface area contributed by atoms with Crippen molar-refractivity contribution < 1.29 is 18.3 Å². The van der Waals surface area contributed by atoms with Crippen molar-refractivity contribution in [3.63, 3.8) is 0 Å². The minimum Gasteiger partial charge on any atom is -0.444 e. The number of aryl methyl sites for hydroxylation is 4. The number of nitrogens with one attached hydrogen (secondary N) is 1. The number of halogens is 2. The number of ether oxygens (including phenoxy) is 1. The minimum atomic E-state index is -0.517. The van der Waals surface area contributed by atoms with E-state index in [0.29, 0.717) is 31.9 Å². The second-order valence-corrected chi connectivity index (χ2v) is 19.8. The second kappa shape index (κ2) is 18.7. The van der Waals surface area contributed by atoms with E-state index in [2.05, 4.69) is 25.3 Å². The third kappa shape index (κ3) is 9.18. The largest absolute Gasteiger partial charge is 0.444 e. The molecule has 6 aromatic heterocycles. The maximum absolute atomic E-state index is 14.6. The maximum atomic E-state index is 14.6. The van der Waals surface area contributed by atoms with E-state index in [1.54, 1.807) is 38.7 Å². The van der Waals surface area contributed by atoms with Crippen molar-refractivity contribution in [1.82, 2.24) is 59.3 Å². The van der Waals surface area contributed by atoms with Gasteiger partial charge in [-0.1, -0.05) is 24.3 Å². The lowest BCUT2D eigenvalue weighted by atomic mass is 10.0. The summed E-state index contributed by atoms with van der Waals surface area (Å²) in [5, 5.41) is 25.8. The molecular weight excluding hydrogens is 927 g/mol. The van der Waals surface area contributed by atoms with E-state index in [1.807, 2.05) is 137 Å². The lowest BCUT2D eigenvalue weighted by molar-refractivity contribution is 0.0240. The molecule has 1 N–H and O–H groups in total. The lowest BCUT2D eigenvalue weighted by Crippen LogP contribution is -2.50. The summed E-state index contributed by atoms with van der Waals surface area (Å²) in [6, 6.07) is 26.1. The van der Waals surface area contributed by atoms with Crippen LogP contribution in [-0.4, -0.2) is 118 Å². The van der Waals surface area contributed by atoms with E-state index in [4.69, 9.17) is 24.9 Å². The van der Waals surface area contributed by atoms with Crippen molar-refractivity contribution in [2.24, 2.45) is 14.1 Å². The molecule has 0 bridgehead atoms. The van der Waals surface area contributed by atoms with Gasteiger partial charge in [0, 0.05) is 112 Å². The number of hydrogen-bond donors (Lipinski definition) is 1. The van der Waals surface area contributed by atoms with Gasteiger partial charge in [0.1, 0.15) is 40.3 Å². The molecule has 0 atom stereocenters. The van der Waals surface area contributed by atoms with Crippen LogP contribution in [0.1, 0.15) is 31.9 Å². The number of benzene rings is 4. The van der Waals surface area contributed by atoms with Gasteiger partial charge in [-0.3, -0.25) is 9.36 Å². The van der Waals surface area contributed by atoms with Gasteiger partial charge >= 0.3 is 6.09 Å². The van der Waals surface area contributed by atoms with Crippen molar-refractivity contribution in [2.45, 2.75) is 40.2 Å². The van der Waals surface area contributed by atoms with Crippen molar-refractivity contribution in [2.75, 3.05) is 62.2 Å². The zero-order valence-corrected chi connectivity index (χ0v) is 41.9. The fourth-order valence-electron chi connectivity index (χ4n) is 10.0. The number of carbonyl (C=O) groups is 1. The van der Waals surface area contributed by atoms with E-state index in [9.17, 15) is 13.6 Å². The van der Waals surface area contributed by atoms with Crippen molar-refractivity contribution in [3.05, 3.63) is 132 Å². The molecule has 2 aliphatic heterocycles. The summed E-state index contributed by atoms with van der Waals surface area (Å²) < 4.78 is 41.9. The first kappa shape index (κ1) is 47.1. The summed E-state index contributed by atoms with van der Waals surface area (Å²) in [6.45, 7) is 15.7. The van der Waals surface area contributed by atoms with Crippen LogP contribution in [0.3, 0.4) is 0 Å². The number of hydrogen-bond acceptors (Lipinski definition) is 11. The van der Waals surface area contributed by atoms with Crippen molar-refractivity contribution in [3.8, 4) is 33.9 Å². The molecular formula is C55H56F2N14O2. The number of rotatable bonds is 6. The van der Waals surface area contributed by atoms with E-state index >= 15 is 0 Å². The number of fused-ring (bicyclic) bond motifs is 4. The normalized spacial score (nSPS) is 14.4. The molecule has 2 saturated heterocycles. The van der Waals surface area contributed by atoms with Crippen LogP contribution in [0.2, 0.25) is 0 Å². The van der Waals surface area contributed by atoms with Crippen LogP contribution in [0.15, 0.2) is 110 Å². The Hall–Kier alpha value is -8.25. The minimum absolute atomic E-state index is 0.272. The lowest BCUT2D eigenvalue weighted by Gasteiger charge is -2.36. The van der Waals surface area contributed by atoms with E-state index in [-0.39, 0.29) is 17.7 Å². The Morgan fingerprint density at radius 3 is 1.49 bits per heavy atom. The molecule has 2 fully saturated rings. The van der Waals surface area contributed by atoms with Crippen molar-refractivity contribution in [1.29, 1.82) is 0 Å². The fraction of sp³-hybridized carbons (Fsp3) is 0.291. The first-order valence-electron chi connectivity index (χ1n) is 24.5. The Morgan fingerprint density at radius 1 is 0.589 bits per heavy atom. The quantitative estimate of drug-likeness (QED) is 0.170. The molecule has 18 heteroatoms. The number of anilines is 2. The van der Waals surface area contributed by atoms with Gasteiger partial charge in [-0.05, 0) is 106 Å². The third-order valence-electron chi connectivity index (χ3n) is 13.4. The average Bonchev–Trinajstić information content (AvgIpc) is 4.16. The van der Waals surface area contributed by atoms with Gasteiger partial charge in [-0.15, -0.1) is 0 Å². The molecule has 372 valence electrons. The fourth-order valence-corrected chi connectivity index (χ4v) is 10.0. The number of amides is 1. The van der Waals surface area contributed by atoms with Crippen LogP contribution in [0.5, 0.6) is 0 Å². The zero-order valence-electron chi connectivity index (χ0n) is 41.9. The summed E-state index contributed by atoms with van der Waals surface area (Å²) in [4.78, 5) is 28.0. The maximum Gasteiger partial charge on any atom is 0.410 e. The molecule has 4 aromatic carbocycles. The van der Waals surface area contributed by atoms with Gasteiger partial charge in [-0.25, -0.2) is 32.9 Å². The van der Waals surface area contributed by atoms with Gasteiger partial charge in [-0.2, -0.15) is 20.4 Å². The third-order valence-corrected chi connectivity index (χ3v) is 13.4. The van der Waals surface area contributed by atoms with Crippen molar-refractivity contribution >= 4 is 61.3 Å². The highest BCUT2D eigenvalue weighted by Crippen LogP contribution is 2.38. The number of carbonyl (C=O) groups excluding carboxylic acids is 1. The molecule has 0 saturated carbocycles. The van der Waals surface area contributed by atoms with Crippen LogP contribution in [0.4, 0.5) is 25.2 Å². The second-order valence-electron chi connectivity index (χ2n) is 19.8. The molecule has 16 nitrogen and oxygen atoms in total. The van der Waals surface area contributed by atoms with Gasteiger partial charge in [0.25, 0.3) is 0 Å². The molecule has 0 unspecified atom stereocenters. The summed E-state index contributed by atoms with van der Waals surface area (Å²) >= 11 is 0. The summed E-state index contributed by atoms with van der Waals surface area (Å²) in [7, 11) is 3.78.